The zero-order valence-electron chi connectivity index (χ0n) is 18.7. The second-order valence-electron chi connectivity index (χ2n) is 8.62. The second-order valence-corrected chi connectivity index (χ2v) is 9.75. The topological polar surface area (TPSA) is 94.8 Å². The van der Waals surface area contributed by atoms with E-state index >= 15 is 0 Å². The van der Waals surface area contributed by atoms with Crippen LogP contribution in [0.5, 0.6) is 0 Å². The van der Waals surface area contributed by atoms with Crippen LogP contribution in [0.15, 0.2) is 11.6 Å². The number of unbranched alkanes of at least 4 members (excludes halogenated alkanes) is 11. The van der Waals surface area contributed by atoms with Gasteiger partial charge in [-0.05, 0) is 31.6 Å². The number of carboxylic acid groups (broad SMARTS) is 2. The van der Waals surface area contributed by atoms with E-state index in [-0.39, 0.29) is 23.3 Å². The van der Waals surface area contributed by atoms with E-state index in [0.29, 0.717) is 6.42 Å². The average Bonchev–Trinajstić information content (AvgIpc) is 2.69. The Labute approximate surface area is 186 Å². The Kier molecular flexibility index (Phi) is 15.0. The molecule has 0 aromatic rings. The van der Waals surface area contributed by atoms with Crippen molar-refractivity contribution < 1.29 is 24.9 Å². The van der Waals surface area contributed by atoms with Gasteiger partial charge in [-0.2, -0.15) is 0 Å². The van der Waals surface area contributed by atoms with Crippen LogP contribution >= 0.6 is 11.8 Å². The lowest BCUT2D eigenvalue weighted by molar-refractivity contribution is -0.139. The molecule has 174 valence electrons. The van der Waals surface area contributed by atoms with Gasteiger partial charge in [0, 0.05) is 0 Å². The van der Waals surface area contributed by atoms with Gasteiger partial charge in [0.05, 0.1) is 23.5 Å². The van der Waals surface area contributed by atoms with Crippen molar-refractivity contribution in [3.05, 3.63) is 11.6 Å². The Morgan fingerprint density at radius 2 is 1.50 bits per heavy atom. The van der Waals surface area contributed by atoms with E-state index in [9.17, 15) is 14.7 Å². The Hall–Kier alpha value is -1.01. The summed E-state index contributed by atoms with van der Waals surface area (Å²) in [4.78, 5) is 22.0. The number of thioether (sulfide) groups is 1. The number of carboxylic acids is 2. The molecule has 30 heavy (non-hydrogen) atoms. The van der Waals surface area contributed by atoms with Crippen molar-refractivity contribution in [2.24, 2.45) is 5.92 Å². The molecule has 0 radical (unpaired) electrons. The van der Waals surface area contributed by atoms with E-state index in [1.54, 1.807) is 0 Å². The molecule has 1 fully saturated rings. The highest BCUT2D eigenvalue weighted by Gasteiger charge is 2.36. The molecular weight excluding hydrogens is 400 g/mol. The standard InChI is InChI=1S/C24H42O5S/c1-2-3-4-5-6-7-8-9-10-11-12-13-14-19-15-16-20(17-21(25)26)23(29)24(19)30-18-22(27)28/h14,20,23-24,29H,2-13,15-18H2,1H3,(H,25,26)(H,27,28)/b19-14+/t20-,23+,24-/m1/s1. The fourth-order valence-corrected chi connectivity index (χ4v) is 5.43. The van der Waals surface area contributed by atoms with Crippen LogP contribution in [0, 0.1) is 5.92 Å². The highest BCUT2D eigenvalue weighted by molar-refractivity contribution is 8.00. The summed E-state index contributed by atoms with van der Waals surface area (Å²) in [7, 11) is 0. The van der Waals surface area contributed by atoms with Crippen molar-refractivity contribution in [2.75, 3.05) is 5.75 Å². The van der Waals surface area contributed by atoms with E-state index in [1.807, 2.05) is 0 Å². The van der Waals surface area contributed by atoms with Gasteiger partial charge in [0.15, 0.2) is 0 Å². The summed E-state index contributed by atoms with van der Waals surface area (Å²) in [5.41, 5.74) is 1.10. The molecule has 3 atom stereocenters. The van der Waals surface area contributed by atoms with Gasteiger partial charge >= 0.3 is 11.9 Å². The van der Waals surface area contributed by atoms with Crippen LogP contribution in [0.1, 0.15) is 103 Å². The van der Waals surface area contributed by atoms with Crippen LogP contribution in [0.2, 0.25) is 0 Å². The second kappa shape index (κ2) is 16.7. The monoisotopic (exact) mass is 442 g/mol. The molecule has 0 aliphatic heterocycles. The molecule has 0 bridgehead atoms. The zero-order valence-corrected chi connectivity index (χ0v) is 19.5. The van der Waals surface area contributed by atoms with Gasteiger partial charge in [0.1, 0.15) is 0 Å². The lowest BCUT2D eigenvalue weighted by atomic mass is 9.80. The van der Waals surface area contributed by atoms with Crippen LogP contribution in [0.25, 0.3) is 0 Å². The van der Waals surface area contributed by atoms with Gasteiger partial charge in [-0.1, -0.05) is 82.8 Å². The quantitative estimate of drug-likeness (QED) is 0.188. The van der Waals surface area contributed by atoms with Crippen LogP contribution in [-0.2, 0) is 9.59 Å². The minimum atomic E-state index is -0.908. The third kappa shape index (κ3) is 12.0. The van der Waals surface area contributed by atoms with Gasteiger partial charge in [0.2, 0.25) is 0 Å². The maximum absolute atomic E-state index is 11.0. The predicted molar refractivity (Wildman–Crippen MR) is 124 cm³/mol. The minimum Gasteiger partial charge on any atom is -0.481 e. The van der Waals surface area contributed by atoms with Crippen molar-refractivity contribution in [3.8, 4) is 0 Å². The number of aliphatic carboxylic acids is 2. The summed E-state index contributed by atoms with van der Waals surface area (Å²) in [6, 6.07) is 0. The number of hydrogen-bond acceptors (Lipinski definition) is 4. The number of rotatable bonds is 17. The molecule has 0 aromatic carbocycles. The molecule has 0 saturated heterocycles. The van der Waals surface area contributed by atoms with E-state index < -0.39 is 18.0 Å². The summed E-state index contributed by atoms with van der Waals surface area (Å²) in [5, 5.41) is 28.4. The minimum absolute atomic E-state index is 0.0584. The number of aliphatic hydroxyl groups is 1. The predicted octanol–water partition coefficient (Wildman–Crippen LogP) is 6.05. The van der Waals surface area contributed by atoms with Crippen LogP contribution in [-0.4, -0.2) is 44.4 Å². The first kappa shape index (κ1) is 27.0. The molecule has 1 rings (SSSR count). The third-order valence-electron chi connectivity index (χ3n) is 6.00. The molecule has 1 saturated carbocycles. The molecular formula is C24H42O5S. The van der Waals surface area contributed by atoms with Crippen molar-refractivity contribution in [1.82, 2.24) is 0 Å². The highest BCUT2D eigenvalue weighted by Crippen LogP contribution is 2.38. The zero-order chi connectivity index (χ0) is 22.2. The lowest BCUT2D eigenvalue weighted by Gasteiger charge is -2.36. The summed E-state index contributed by atoms with van der Waals surface area (Å²) >= 11 is 1.23. The van der Waals surface area contributed by atoms with Crippen LogP contribution in [0.4, 0.5) is 0 Å². The first-order chi connectivity index (χ1) is 14.5. The molecule has 0 unspecified atom stereocenters. The lowest BCUT2D eigenvalue weighted by Crippen LogP contribution is -2.38. The van der Waals surface area contributed by atoms with Crippen LogP contribution < -0.4 is 0 Å². The average molecular weight is 443 g/mol. The van der Waals surface area contributed by atoms with Crippen molar-refractivity contribution in [3.63, 3.8) is 0 Å². The number of carbonyl (C=O) groups is 2. The number of allylic oxidation sites excluding steroid dienone is 1. The fourth-order valence-electron chi connectivity index (χ4n) is 4.26. The van der Waals surface area contributed by atoms with Crippen LogP contribution in [0.3, 0.4) is 0 Å². The number of aliphatic hydroxyl groups excluding tert-OH is 1. The SMILES string of the molecule is CCCCCCCCCCCCC/C=C1\CC[C@H](CC(=O)O)[C@H](O)[C@@H]1SCC(=O)O. The van der Waals surface area contributed by atoms with Crippen molar-refractivity contribution in [2.45, 2.75) is 115 Å². The van der Waals surface area contributed by atoms with E-state index in [4.69, 9.17) is 10.2 Å². The molecule has 0 amide bonds. The first-order valence-corrected chi connectivity index (χ1v) is 12.9. The Bertz CT molecular complexity index is 520. The number of hydrogen-bond donors (Lipinski definition) is 3. The molecule has 0 heterocycles. The first-order valence-electron chi connectivity index (χ1n) is 11.9. The Balaban J connectivity index is 2.30. The molecule has 1 aliphatic rings. The Morgan fingerprint density at radius 1 is 0.933 bits per heavy atom. The van der Waals surface area contributed by atoms with Gasteiger partial charge in [-0.25, -0.2) is 0 Å². The summed E-state index contributed by atoms with van der Waals surface area (Å²) in [6.07, 6.45) is 18.0. The van der Waals surface area contributed by atoms with Crippen molar-refractivity contribution in [1.29, 1.82) is 0 Å². The maximum Gasteiger partial charge on any atom is 0.313 e. The van der Waals surface area contributed by atoms with Gasteiger partial charge in [-0.15, -0.1) is 11.8 Å². The summed E-state index contributed by atoms with van der Waals surface area (Å²) in [6.45, 7) is 2.25. The smallest absolute Gasteiger partial charge is 0.313 e. The maximum atomic E-state index is 11.0. The fraction of sp³-hybridized carbons (Fsp3) is 0.833. The largest absolute Gasteiger partial charge is 0.481 e. The summed E-state index contributed by atoms with van der Waals surface area (Å²) < 4.78 is 0. The molecule has 1 aliphatic carbocycles. The Morgan fingerprint density at radius 3 is 2.03 bits per heavy atom. The van der Waals surface area contributed by atoms with Gasteiger partial charge < -0.3 is 15.3 Å². The molecule has 6 heteroatoms. The third-order valence-corrected chi connectivity index (χ3v) is 7.35. The molecule has 5 nitrogen and oxygen atoms in total. The van der Waals surface area contributed by atoms with E-state index in [0.717, 1.165) is 24.8 Å². The van der Waals surface area contributed by atoms with E-state index in [2.05, 4.69) is 13.0 Å². The van der Waals surface area contributed by atoms with Gasteiger partial charge in [-0.3, -0.25) is 9.59 Å². The van der Waals surface area contributed by atoms with Gasteiger partial charge in [0.25, 0.3) is 0 Å². The van der Waals surface area contributed by atoms with E-state index in [1.165, 1.54) is 76.0 Å². The summed E-state index contributed by atoms with van der Waals surface area (Å²) in [5.74, 6) is -2.18. The van der Waals surface area contributed by atoms with Crippen molar-refractivity contribution >= 4 is 23.7 Å². The molecule has 0 spiro atoms. The normalized spacial score (nSPS) is 23.0. The molecule has 3 N–H and O–H groups in total. The molecule has 0 aromatic heterocycles. The highest BCUT2D eigenvalue weighted by atomic mass is 32.2.